The molecular weight excluding hydrogens is 262 g/mol. The van der Waals surface area contributed by atoms with Crippen LogP contribution in [-0.4, -0.2) is 61.3 Å². The minimum Gasteiger partial charge on any atom is -0.481 e. The van der Waals surface area contributed by atoms with E-state index in [1.807, 2.05) is 0 Å². The molecule has 0 aromatic heterocycles. The molecule has 0 bridgehead atoms. The van der Waals surface area contributed by atoms with Crippen LogP contribution in [0.2, 0.25) is 0 Å². The fourth-order valence-electron chi connectivity index (χ4n) is 1.95. The molecule has 1 rings (SSSR count). The van der Waals surface area contributed by atoms with E-state index in [-0.39, 0.29) is 31.5 Å². The Kier molecular flexibility index (Phi) is 6.48. The number of carbonyl (C=O) groups excluding carboxylic acids is 1. The summed E-state index contributed by atoms with van der Waals surface area (Å²) in [5.41, 5.74) is 0. The molecule has 110 valence electrons. The Morgan fingerprint density at radius 1 is 1.47 bits per heavy atom. The van der Waals surface area contributed by atoms with Gasteiger partial charge in [0, 0.05) is 26.1 Å². The Morgan fingerprint density at radius 3 is 2.84 bits per heavy atom. The number of urea groups is 1. The summed E-state index contributed by atoms with van der Waals surface area (Å²) in [5, 5.41) is 11.2. The van der Waals surface area contributed by atoms with Gasteiger partial charge in [0.1, 0.15) is 6.61 Å². The molecule has 8 heteroatoms. The highest BCUT2D eigenvalue weighted by Gasteiger charge is 2.27. The maximum Gasteiger partial charge on any atom is 0.317 e. The zero-order valence-electron chi connectivity index (χ0n) is 10.5. The van der Waals surface area contributed by atoms with Crippen LogP contribution in [0, 0.1) is 5.92 Å². The second-order valence-electron chi connectivity index (χ2n) is 4.40. The van der Waals surface area contributed by atoms with Crippen LogP contribution in [-0.2, 0) is 9.53 Å². The van der Waals surface area contributed by atoms with Crippen LogP contribution < -0.4 is 5.32 Å². The highest BCUT2D eigenvalue weighted by Crippen LogP contribution is 2.19. The van der Waals surface area contributed by atoms with Crippen molar-refractivity contribution in [2.24, 2.45) is 5.92 Å². The van der Waals surface area contributed by atoms with E-state index in [9.17, 15) is 18.4 Å². The largest absolute Gasteiger partial charge is 0.481 e. The van der Waals surface area contributed by atoms with Crippen molar-refractivity contribution in [2.75, 3.05) is 32.8 Å². The third kappa shape index (κ3) is 6.32. The number of aliphatic carboxylic acids is 1. The number of carboxylic acids is 1. The van der Waals surface area contributed by atoms with E-state index in [0.29, 0.717) is 19.5 Å². The average molecular weight is 280 g/mol. The molecule has 2 amide bonds. The summed E-state index contributed by atoms with van der Waals surface area (Å²) in [7, 11) is 0. The third-order valence-electron chi connectivity index (χ3n) is 2.80. The number of halogens is 2. The number of rotatable bonds is 7. The summed E-state index contributed by atoms with van der Waals surface area (Å²) >= 11 is 0. The molecule has 0 radical (unpaired) electrons. The van der Waals surface area contributed by atoms with E-state index >= 15 is 0 Å². The first kappa shape index (κ1) is 15.6. The zero-order valence-corrected chi connectivity index (χ0v) is 10.5. The van der Waals surface area contributed by atoms with E-state index < -0.39 is 19.0 Å². The van der Waals surface area contributed by atoms with Crippen LogP contribution in [0.4, 0.5) is 13.6 Å². The molecule has 1 atom stereocenters. The summed E-state index contributed by atoms with van der Waals surface area (Å²) in [6.07, 6.45) is -1.78. The molecule has 0 aliphatic carbocycles. The van der Waals surface area contributed by atoms with Crippen molar-refractivity contribution in [3.05, 3.63) is 0 Å². The van der Waals surface area contributed by atoms with Gasteiger partial charge in [-0.25, -0.2) is 13.6 Å². The lowest BCUT2D eigenvalue weighted by molar-refractivity contribution is -0.138. The van der Waals surface area contributed by atoms with Gasteiger partial charge in [0.15, 0.2) is 0 Å². The second-order valence-corrected chi connectivity index (χ2v) is 4.40. The first-order chi connectivity index (χ1) is 8.99. The molecule has 1 heterocycles. The number of carboxylic acid groups (broad SMARTS) is 1. The lowest BCUT2D eigenvalue weighted by Crippen LogP contribution is -2.40. The van der Waals surface area contributed by atoms with Gasteiger partial charge < -0.3 is 20.1 Å². The quantitative estimate of drug-likeness (QED) is 0.675. The number of nitrogens with zero attached hydrogens (tertiary/aromatic N) is 1. The van der Waals surface area contributed by atoms with Crippen molar-refractivity contribution < 1.29 is 28.2 Å². The standard InChI is InChI=1S/C11H18F2N2O4/c12-9(13)7-19-4-2-14-11(18)15-3-1-8(6-15)5-10(16)17/h8-9H,1-7H2,(H,14,18)(H,16,17). The number of hydrogen-bond acceptors (Lipinski definition) is 3. The van der Waals surface area contributed by atoms with Gasteiger partial charge in [-0.15, -0.1) is 0 Å². The topological polar surface area (TPSA) is 78.9 Å². The summed E-state index contributed by atoms with van der Waals surface area (Å²) in [4.78, 5) is 23.7. The lowest BCUT2D eigenvalue weighted by atomic mass is 10.1. The molecule has 2 N–H and O–H groups in total. The highest BCUT2D eigenvalue weighted by molar-refractivity contribution is 5.74. The maximum absolute atomic E-state index is 11.7. The number of alkyl halides is 2. The van der Waals surface area contributed by atoms with Crippen LogP contribution >= 0.6 is 0 Å². The maximum atomic E-state index is 11.7. The van der Waals surface area contributed by atoms with Crippen molar-refractivity contribution in [3.63, 3.8) is 0 Å². The van der Waals surface area contributed by atoms with Crippen molar-refractivity contribution in [2.45, 2.75) is 19.3 Å². The number of carbonyl (C=O) groups is 2. The second kappa shape index (κ2) is 7.88. The SMILES string of the molecule is O=C(O)CC1CCN(C(=O)NCCOCC(F)F)C1. The molecule has 6 nitrogen and oxygen atoms in total. The van der Waals surface area contributed by atoms with Gasteiger partial charge in [-0.2, -0.15) is 0 Å². The van der Waals surface area contributed by atoms with E-state index in [1.165, 1.54) is 4.90 Å². The number of hydrogen-bond donors (Lipinski definition) is 2. The Labute approximate surface area is 109 Å². The summed E-state index contributed by atoms with van der Waals surface area (Å²) in [5.74, 6) is -0.883. The fraction of sp³-hybridized carbons (Fsp3) is 0.818. The van der Waals surface area contributed by atoms with Crippen molar-refractivity contribution in [1.29, 1.82) is 0 Å². The van der Waals surface area contributed by atoms with E-state index in [1.54, 1.807) is 0 Å². The molecule has 1 unspecified atom stereocenters. The van der Waals surface area contributed by atoms with Crippen molar-refractivity contribution in [1.82, 2.24) is 10.2 Å². The van der Waals surface area contributed by atoms with E-state index in [0.717, 1.165) is 0 Å². The molecule has 1 fully saturated rings. The van der Waals surface area contributed by atoms with Gasteiger partial charge >= 0.3 is 12.0 Å². The normalized spacial score (nSPS) is 18.9. The predicted octanol–water partition coefficient (Wildman–Crippen LogP) is 0.774. The molecule has 0 aromatic carbocycles. The smallest absolute Gasteiger partial charge is 0.317 e. The fourth-order valence-corrected chi connectivity index (χ4v) is 1.95. The summed E-state index contributed by atoms with van der Waals surface area (Å²) in [6, 6.07) is -0.312. The third-order valence-corrected chi connectivity index (χ3v) is 2.80. The number of nitrogens with one attached hydrogen (secondary N) is 1. The molecule has 19 heavy (non-hydrogen) atoms. The van der Waals surface area contributed by atoms with Gasteiger partial charge in [-0.05, 0) is 12.3 Å². The summed E-state index contributed by atoms with van der Waals surface area (Å²) in [6.45, 7) is 0.478. The van der Waals surface area contributed by atoms with E-state index in [2.05, 4.69) is 10.1 Å². The van der Waals surface area contributed by atoms with Crippen molar-refractivity contribution in [3.8, 4) is 0 Å². The molecule has 0 spiro atoms. The van der Waals surface area contributed by atoms with Crippen LogP contribution in [0.1, 0.15) is 12.8 Å². The molecule has 0 saturated carbocycles. The molecule has 0 aromatic rings. The van der Waals surface area contributed by atoms with Gasteiger partial charge in [0.05, 0.1) is 6.61 Å². The Balaban J connectivity index is 2.12. The van der Waals surface area contributed by atoms with Crippen molar-refractivity contribution >= 4 is 12.0 Å². The molecule has 1 aliphatic rings. The van der Waals surface area contributed by atoms with Gasteiger partial charge in [-0.1, -0.05) is 0 Å². The number of ether oxygens (including phenoxy) is 1. The first-order valence-electron chi connectivity index (χ1n) is 6.09. The van der Waals surface area contributed by atoms with Crippen LogP contribution in [0.15, 0.2) is 0 Å². The average Bonchev–Trinajstić information content (AvgIpc) is 2.75. The highest BCUT2D eigenvalue weighted by atomic mass is 19.3. The minimum atomic E-state index is -2.51. The first-order valence-corrected chi connectivity index (χ1v) is 6.09. The van der Waals surface area contributed by atoms with E-state index in [4.69, 9.17) is 5.11 Å². The van der Waals surface area contributed by atoms with Crippen LogP contribution in [0.5, 0.6) is 0 Å². The van der Waals surface area contributed by atoms with Gasteiger partial charge in [-0.3, -0.25) is 4.79 Å². The predicted molar refractivity (Wildman–Crippen MR) is 62.2 cm³/mol. The molecule has 1 saturated heterocycles. The Morgan fingerprint density at radius 2 is 2.21 bits per heavy atom. The monoisotopic (exact) mass is 280 g/mol. The zero-order chi connectivity index (χ0) is 14.3. The summed E-state index contributed by atoms with van der Waals surface area (Å²) < 4.78 is 28.1. The van der Waals surface area contributed by atoms with Gasteiger partial charge in [0.25, 0.3) is 6.43 Å². The Bertz CT molecular complexity index is 315. The van der Waals surface area contributed by atoms with Crippen LogP contribution in [0.3, 0.4) is 0 Å². The Hall–Kier alpha value is -1.44. The molecular formula is C11H18F2N2O4. The number of likely N-dealkylation sites (tertiary alicyclic amines) is 1. The van der Waals surface area contributed by atoms with Crippen LogP contribution in [0.25, 0.3) is 0 Å². The lowest BCUT2D eigenvalue weighted by Gasteiger charge is -2.17. The minimum absolute atomic E-state index is 0.0154. The molecule has 1 aliphatic heterocycles. The number of amides is 2. The van der Waals surface area contributed by atoms with Gasteiger partial charge in [0.2, 0.25) is 0 Å².